The van der Waals surface area contributed by atoms with Crippen molar-refractivity contribution >= 4 is 0 Å². The molecule has 3 N–H and O–H groups in total. The summed E-state index contributed by atoms with van der Waals surface area (Å²) < 4.78 is 0. The van der Waals surface area contributed by atoms with Crippen LogP contribution in [-0.2, 0) is 0 Å². The van der Waals surface area contributed by atoms with Crippen LogP contribution in [0.15, 0.2) is 12.2 Å². The lowest BCUT2D eigenvalue weighted by molar-refractivity contribution is -0.0663. The van der Waals surface area contributed by atoms with Crippen LogP contribution in [0.3, 0.4) is 0 Å². The number of aliphatic hydroxyl groups is 3. The molecular formula is C19H32O3. The molecular weight excluding hydrogens is 276 g/mol. The normalized spacial score (nSPS) is 52.6. The van der Waals surface area contributed by atoms with E-state index in [1.54, 1.807) is 0 Å². The summed E-state index contributed by atoms with van der Waals surface area (Å²) in [6.07, 6.45) is 6.29. The highest BCUT2D eigenvalue weighted by Gasteiger charge is 2.54. The minimum absolute atomic E-state index is 0.106. The van der Waals surface area contributed by atoms with E-state index in [1.807, 2.05) is 0 Å². The predicted molar refractivity (Wildman–Crippen MR) is 87.2 cm³/mol. The van der Waals surface area contributed by atoms with E-state index in [4.69, 9.17) is 0 Å². The summed E-state index contributed by atoms with van der Waals surface area (Å²) in [7, 11) is 0. The Balaban J connectivity index is 1.78. The van der Waals surface area contributed by atoms with E-state index in [0.29, 0.717) is 11.8 Å². The van der Waals surface area contributed by atoms with E-state index in [1.165, 1.54) is 0 Å². The maximum atomic E-state index is 10.2. The second-order valence-electron chi connectivity index (χ2n) is 8.68. The summed E-state index contributed by atoms with van der Waals surface area (Å²) in [4.78, 5) is 0. The molecule has 3 fully saturated rings. The van der Waals surface area contributed by atoms with Crippen molar-refractivity contribution in [1.82, 2.24) is 0 Å². The minimum Gasteiger partial charge on any atom is -0.396 e. The Morgan fingerprint density at radius 2 is 1.77 bits per heavy atom. The summed E-state index contributed by atoms with van der Waals surface area (Å²) >= 11 is 0. The van der Waals surface area contributed by atoms with Crippen LogP contribution >= 0.6 is 0 Å². The number of aliphatic hydroxyl groups excluding tert-OH is 3. The van der Waals surface area contributed by atoms with Gasteiger partial charge in [0, 0.05) is 6.61 Å². The van der Waals surface area contributed by atoms with Crippen LogP contribution in [-0.4, -0.2) is 34.1 Å². The fourth-order valence-electron chi connectivity index (χ4n) is 5.79. The first-order chi connectivity index (χ1) is 10.3. The molecule has 3 rings (SSSR count). The largest absolute Gasteiger partial charge is 0.396 e. The molecule has 3 heteroatoms. The predicted octanol–water partition coefficient (Wildman–Crippen LogP) is 2.89. The molecule has 0 aromatic heterocycles. The molecule has 22 heavy (non-hydrogen) atoms. The third kappa shape index (κ3) is 2.37. The van der Waals surface area contributed by atoms with Gasteiger partial charge in [-0.25, -0.2) is 0 Å². The molecule has 0 spiro atoms. The quantitative estimate of drug-likeness (QED) is 0.687. The molecule has 0 saturated heterocycles. The van der Waals surface area contributed by atoms with Gasteiger partial charge < -0.3 is 15.3 Å². The maximum absolute atomic E-state index is 10.2. The van der Waals surface area contributed by atoms with Crippen LogP contribution in [0.4, 0.5) is 0 Å². The standard InChI is InChI=1S/C19H32O3/c1-12-17(22)10-14-8-13(4-6-18(12,14)2)19(3)7-5-16(21)9-15(19)11-20/h13-17,20-22H,1,4-11H2,2-3H3. The third-order valence-corrected chi connectivity index (χ3v) is 7.78. The first kappa shape index (κ1) is 16.5. The van der Waals surface area contributed by atoms with Crippen molar-refractivity contribution in [3.63, 3.8) is 0 Å². The summed E-state index contributed by atoms with van der Waals surface area (Å²) in [5, 5.41) is 30.0. The van der Waals surface area contributed by atoms with Crippen molar-refractivity contribution in [2.24, 2.45) is 28.6 Å². The zero-order chi connectivity index (χ0) is 16.1. The van der Waals surface area contributed by atoms with Gasteiger partial charge in [0.2, 0.25) is 0 Å². The van der Waals surface area contributed by atoms with Crippen LogP contribution in [0, 0.1) is 28.6 Å². The number of hydrogen-bond donors (Lipinski definition) is 3. The Hall–Kier alpha value is -0.380. The second-order valence-corrected chi connectivity index (χ2v) is 8.68. The highest BCUT2D eigenvalue weighted by molar-refractivity contribution is 5.23. The van der Waals surface area contributed by atoms with Gasteiger partial charge in [-0.3, -0.25) is 0 Å². The van der Waals surface area contributed by atoms with E-state index in [2.05, 4.69) is 20.4 Å². The summed E-state index contributed by atoms with van der Waals surface area (Å²) in [6.45, 7) is 8.95. The smallest absolute Gasteiger partial charge is 0.0755 e. The third-order valence-electron chi connectivity index (χ3n) is 7.78. The lowest BCUT2D eigenvalue weighted by Gasteiger charge is -2.52. The van der Waals surface area contributed by atoms with Crippen molar-refractivity contribution in [3.8, 4) is 0 Å². The highest BCUT2D eigenvalue weighted by atomic mass is 16.3. The average molecular weight is 308 g/mol. The number of hydrogen-bond acceptors (Lipinski definition) is 3. The molecule has 0 bridgehead atoms. The van der Waals surface area contributed by atoms with Crippen molar-refractivity contribution < 1.29 is 15.3 Å². The van der Waals surface area contributed by atoms with Gasteiger partial charge in [-0.2, -0.15) is 0 Å². The molecule has 0 radical (unpaired) electrons. The fraction of sp³-hybridized carbons (Fsp3) is 0.895. The molecule has 3 saturated carbocycles. The molecule has 3 aliphatic carbocycles. The second kappa shape index (κ2) is 5.61. The first-order valence-corrected chi connectivity index (χ1v) is 8.97. The number of fused-ring (bicyclic) bond motifs is 1. The summed E-state index contributed by atoms with van der Waals surface area (Å²) in [6, 6.07) is 0. The van der Waals surface area contributed by atoms with Gasteiger partial charge in [0.05, 0.1) is 12.2 Å². The Morgan fingerprint density at radius 1 is 1.05 bits per heavy atom. The van der Waals surface area contributed by atoms with Crippen LogP contribution in [0.2, 0.25) is 0 Å². The summed E-state index contributed by atoms with van der Waals surface area (Å²) in [5.41, 5.74) is 1.28. The molecule has 0 aliphatic heterocycles. The van der Waals surface area contributed by atoms with Crippen molar-refractivity contribution in [1.29, 1.82) is 0 Å². The van der Waals surface area contributed by atoms with Crippen LogP contribution in [0.5, 0.6) is 0 Å². The van der Waals surface area contributed by atoms with Crippen molar-refractivity contribution in [2.75, 3.05) is 6.61 Å². The van der Waals surface area contributed by atoms with Gasteiger partial charge >= 0.3 is 0 Å². The van der Waals surface area contributed by atoms with Gasteiger partial charge in [-0.15, -0.1) is 0 Å². The molecule has 7 atom stereocenters. The van der Waals surface area contributed by atoms with Crippen molar-refractivity contribution in [2.45, 2.75) is 71.0 Å². The Kier molecular flexibility index (Phi) is 4.20. The molecule has 0 heterocycles. The van der Waals surface area contributed by atoms with Crippen LogP contribution in [0.1, 0.15) is 58.8 Å². The highest BCUT2D eigenvalue weighted by Crippen LogP contribution is 2.61. The van der Waals surface area contributed by atoms with E-state index in [9.17, 15) is 15.3 Å². The molecule has 0 aromatic rings. The van der Waals surface area contributed by atoms with Gasteiger partial charge in [0.25, 0.3) is 0 Å². The van der Waals surface area contributed by atoms with E-state index >= 15 is 0 Å². The van der Waals surface area contributed by atoms with Gasteiger partial charge in [0.1, 0.15) is 0 Å². The zero-order valence-electron chi connectivity index (χ0n) is 14.1. The monoisotopic (exact) mass is 308 g/mol. The number of rotatable bonds is 2. The van der Waals surface area contributed by atoms with E-state index in [-0.39, 0.29) is 35.6 Å². The Labute approximate surface area is 134 Å². The van der Waals surface area contributed by atoms with Crippen molar-refractivity contribution in [3.05, 3.63) is 12.2 Å². The van der Waals surface area contributed by atoms with E-state index in [0.717, 1.165) is 50.5 Å². The molecule has 7 unspecified atom stereocenters. The molecule has 126 valence electrons. The topological polar surface area (TPSA) is 60.7 Å². The molecule has 0 aromatic carbocycles. The van der Waals surface area contributed by atoms with Gasteiger partial charge in [-0.1, -0.05) is 20.4 Å². The van der Waals surface area contributed by atoms with Crippen LogP contribution < -0.4 is 0 Å². The maximum Gasteiger partial charge on any atom is 0.0755 e. The fourth-order valence-corrected chi connectivity index (χ4v) is 5.79. The van der Waals surface area contributed by atoms with Crippen LogP contribution in [0.25, 0.3) is 0 Å². The Morgan fingerprint density at radius 3 is 2.45 bits per heavy atom. The minimum atomic E-state index is -0.330. The van der Waals surface area contributed by atoms with Gasteiger partial charge in [0.15, 0.2) is 0 Å². The first-order valence-electron chi connectivity index (χ1n) is 8.97. The lowest BCUT2D eigenvalue weighted by atomic mass is 9.53. The average Bonchev–Trinajstić information content (AvgIpc) is 2.72. The SMILES string of the molecule is C=C1C(O)CC2CC(C3(C)CCC(O)CC3CO)CCC12C. The molecule has 3 aliphatic rings. The van der Waals surface area contributed by atoms with E-state index < -0.39 is 0 Å². The molecule has 3 nitrogen and oxygen atoms in total. The van der Waals surface area contributed by atoms with Gasteiger partial charge in [-0.05, 0) is 79.1 Å². The Bertz CT molecular complexity index is 448. The zero-order valence-corrected chi connectivity index (χ0v) is 14.1. The summed E-state index contributed by atoms with van der Waals surface area (Å²) in [5.74, 6) is 1.32. The lowest BCUT2D eigenvalue weighted by Crippen LogP contribution is -2.46. The molecule has 0 amide bonds.